The number of aryl methyl sites for hydroxylation is 2. The number of ether oxygens (including phenoxy) is 1. The van der Waals surface area contributed by atoms with Crippen molar-refractivity contribution in [1.29, 1.82) is 5.26 Å². The Morgan fingerprint density at radius 3 is 2.41 bits per heavy atom. The number of allylic oxidation sites excluding steroid dienone is 1. The highest BCUT2D eigenvalue weighted by atomic mass is 16.5. The molecule has 0 saturated heterocycles. The number of hydrogen-bond donors (Lipinski definition) is 0. The zero-order valence-corrected chi connectivity index (χ0v) is 16.0. The summed E-state index contributed by atoms with van der Waals surface area (Å²) in [4.78, 5) is 16.5. The number of benzene rings is 3. The van der Waals surface area contributed by atoms with E-state index in [1.165, 1.54) is 0 Å². The number of nitriles is 1. The Balaban J connectivity index is 1.89. The maximum absolute atomic E-state index is 13.1. The Bertz CT molecular complexity index is 1270. The number of carbonyl (C=O) groups is 1. The lowest BCUT2D eigenvalue weighted by Crippen LogP contribution is -2.11. The first-order chi connectivity index (χ1) is 14.0. The molecule has 138 valence electrons. The van der Waals surface area contributed by atoms with Gasteiger partial charge in [-0.15, -0.1) is 0 Å². The van der Waals surface area contributed by atoms with Crippen molar-refractivity contribution in [2.45, 2.75) is 13.8 Å². The quantitative estimate of drug-likeness (QED) is 0.195. The van der Waals surface area contributed by atoms with Crippen molar-refractivity contribution >= 4 is 11.5 Å². The van der Waals surface area contributed by atoms with E-state index in [1.807, 2.05) is 62.4 Å². The van der Waals surface area contributed by atoms with E-state index < -0.39 is 5.97 Å². The van der Waals surface area contributed by atoms with E-state index in [9.17, 15) is 10.1 Å². The summed E-state index contributed by atoms with van der Waals surface area (Å²) in [6.07, 6.45) is 0. The molecule has 3 aromatic carbocycles. The van der Waals surface area contributed by atoms with Crippen molar-refractivity contribution in [2.24, 2.45) is 0 Å². The van der Waals surface area contributed by atoms with E-state index in [2.05, 4.69) is 4.85 Å². The fourth-order valence-electron chi connectivity index (χ4n) is 3.75. The highest BCUT2D eigenvalue weighted by Gasteiger charge is 2.30. The molecular weight excluding hydrogens is 360 g/mol. The van der Waals surface area contributed by atoms with Crippen molar-refractivity contribution in [1.82, 2.24) is 0 Å². The van der Waals surface area contributed by atoms with Crippen LogP contribution in [0.4, 0.5) is 0 Å². The zero-order valence-electron chi connectivity index (χ0n) is 16.0. The van der Waals surface area contributed by atoms with E-state index in [4.69, 9.17) is 11.3 Å². The van der Waals surface area contributed by atoms with Gasteiger partial charge in [0.05, 0.1) is 18.2 Å². The van der Waals surface area contributed by atoms with Gasteiger partial charge < -0.3 is 4.74 Å². The van der Waals surface area contributed by atoms with E-state index in [1.54, 1.807) is 18.2 Å². The van der Waals surface area contributed by atoms with Crippen LogP contribution in [0.15, 0.2) is 66.4 Å². The molecule has 0 heterocycles. The minimum atomic E-state index is -0.467. The van der Waals surface area contributed by atoms with Crippen molar-refractivity contribution in [2.75, 3.05) is 0 Å². The van der Waals surface area contributed by atoms with Gasteiger partial charge in [0.15, 0.2) is 0 Å². The Labute approximate surface area is 169 Å². The molecule has 0 radical (unpaired) electrons. The zero-order chi connectivity index (χ0) is 20.5. The number of fused-ring (bicyclic) bond motifs is 3. The summed E-state index contributed by atoms with van der Waals surface area (Å²) in [6.45, 7) is 11.3. The fourth-order valence-corrected chi connectivity index (χ4v) is 3.75. The average molecular weight is 376 g/mol. The van der Waals surface area contributed by atoms with Crippen LogP contribution in [0, 0.1) is 31.8 Å². The second-order valence-electron chi connectivity index (χ2n) is 6.88. The van der Waals surface area contributed by atoms with Gasteiger partial charge in [0.2, 0.25) is 0 Å². The molecule has 4 nitrogen and oxygen atoms in total. The topological polar surface area (TPSA) is 54.5 Å². The third-order valence-corrected chi connectivity index (χ3v) is 5.01. The van der Waals surface area contributed by atoms with Crippen LogP contribution in [0.25, 0.3) is 21.5 Å². The molecular formula is C25H16N2O2. The normalized spacial score (nSPS) is 13.0. The van der Waals surface area contributed by atoms with Gasteiger partial charge in [0, 0.05) is 11.1 Å². The van der Waals surface area contributed by atoms with Crippen molar-refractivity contribution in [3.63, 3.8) is 0 Å². The van der Waals surface area contributed by atoms with Gasteiger partial charge in [-0.25, -0.2) is 14.9 Å². The van der Waals surface area contributed by atoms with Gasteiger partial charge in [0.1, 0.15) is 5.75 Å². The highest BCUT2D eigenvalue weighted by molar-refractivity contribution is 6.10. The molecule has 1 aliphatic carbocycles. The molecule has 0 spiro atoms. The summed E-state index contributed by atoms with van der Waals surface area (Å²) in [6, 6.07) is 20.4. The van der Waals surface area contributed by atoms with Gasteiger partial charge in [-0.1, -0.05) is 54.1 Å². The second kappa shape index (κ2) is 7.11. The van der Waals surface area contributed by atoms with Crippen LogP contribution in [-0.4, -0.2) is 5.97 Å². The lowest BCUT2D eigenvalue weighted by Gasteiger charge is -2.11. The molecule has 0 amide bonds. The van der Waals surface area contributed by atoms with Crippen LogP contribution in [0.2, 0.25) is 0 Å². The largest absolute Gasteiger partial charge is 0.423 e. The first-order valence-corrected chi connectivity index (χ1v) is 9.09. The maximum Gasteiger partial charge on any atom is 0.344 e. The summed E-state index contributed by atoms with van der Waals surface area (Å²) < 4.78 is 5.69. The van der Waals surface area contributed by atoms with E-state index in [-0.39, 0.29) is 5.70 Å². The summed E-state index contributed by atoms with van der Waals surface area (Å²) >= 11 is 0. The van der Waals surface area contributed by atoms with Crippen molar-refractivity contribution in [3.8, 4) is 22.9 Å². The van der Waals surface area contributed by atoms with Gasteiger partial charge in [0.25, 0.3) is 5.70 Å². The van der Waals surface area contributed by atoms with Gasteiger partial charge in [-0.3, -0.25) is 0 Å². The lowest BCUT2D eigenvalue weighted by atomic mass is 9.98. The molecule has 3 aromatic rings. The van der Waals surface area contributed by atoms with E-state index in [0.717, 1.165) is 22.3 Å². The van der Waals surface area contributed by atoms with Gasteiger partial charge >= 0.3 is 5.97 Å². The average Bonchev–Trinajstić information content (AvgIpc) is 3.06. The summed E-state index contributed by atoms with van der Waals surface area (Å²) in [5.41, 5.74) is 5.96. The number of esters is 1. The molecule has 0 fully saturated rings. The minimum Gasteiger partial charge on any atom is -0.423 e. The molecule has 0 saturated carbocycles. The van der Waals surface area contributed by atoms with Crippen LogP contribution < -0.4 is 4.74 Å². The maximum atomic E-state index is 13.1. The number of carbonyl (C=O) groups excluding carboxylic acids is 1. The molecule has 0 aliphatic heterocycles. The number of nitrogens with zero attached hydrogens (tertiary/aromatic N) is 2. The van der Waals surface area contributed by atoms with Crippen LogP contribution in [0.5, 0.6) is 5.75 Å². The molecule has 0 atom stereocenters. The SMILES string of the molecule is [C-]#[N+]/C(C#N)=C1\c2ccccc2-c2c(C(=O)Oc3ccc(C)cc3C)cccc21. The van der Waals surface area contributed by atoms with Gasteiger partial charge in [-0.2, -0.15) is 0 Å². The molecule has 29 heavy (non-hydrogen) atoms. The predicted octanol–water partition coefficient (Wildman–Crippen LogP) is 5.71. The minimum absolute atomic E-state index is 0.0103. The molecule has 4 heteroatoms. The van der Waals surface area contributed by atoms with Crippen molar-refractivity contribution < 1.29 is 9.53 Å². The third-order valence-electron chi connectivity index (χ3n) is 5.01. The fraction of sp³-hybridized carbons (Fsp3) is 0.0800. The monoisotopic (exact) mass is 376 g/mol. The van der Waals surface area contributed by atoms with Crippen molar-refractivity contribution in [3.05, 3.63) is 106 Å². The first-order valence-electron chi connectivity index (χ1n) is 9.09. The van der Waals surface area contributed by atoms with Crippen LogP contribution in [0.1, 0.15) is 32.6 Å². The second-order valence-corrected chi connectivity index (χ2v) is 6.88. The smallest absolute Gasteiger partial charge is 0.344 e. The van der Waals surface area contributed by atoms with Crippen LogP contribution >= 0.6 is 0 Å². The Morgan fingerprint density at radius 2 is 1.72 bits per heavy atom. The first kappa shape index (κ1) is 18.2. The standard InChI is InChI=1S/C25H16N2O2/c1-15-11-12-22(16(2)13-15)29-25(28)20-10-6-9-19-23(20)17-7-4-5-8-18(17)24(19)21(14-26)27-3/h4-13H,1-2H3/b24-21+. The van der Waals surface area contributed by atoms with Crippen LogP contribution in [-0.2, 0) is 0 Å². The summed E-state index contributed by atoms with van der Waals surface area (Å²) in [5, 5.41) is 9.45. The summed E-state index contributed by atoms with van der Waals surface area (Å²) in [5.74, 6) is 0.0466. The highest BCUT2D eigenvalue weighted by Crippen LogP contribution is 2.47. The Morgan fingerprint density at radius 1 is 1.00 bits per heavy atom. The van der Waals surface area contributed by atoms with E-state index >= 15 is 0 Å². The Hall–Kier alpha value is -4.15. The molecule has 0 unspecified atom stereocenters. The number of rotatable bonds is 2. The Kier molecular flexibility index (Phi) is 4.47. The predicted molar refractivity (Wildman–Crippen MR) is 111 cm³/mol. The number of hydrogen-bond acceptors (Lipinski definition) is 3. The molecule has 0 aromatic heterocycles. The molecule has 0 N–H and O–H groups in total. The van der Waals surface area contributed by atoms with E-state index in [0.29, 0.717) is 28.0 Å². The van der Waals surface area contributed by atoms with Crippen LogP contribution in [0.3, 0.4) is 0 Å². The lowest BCUT2D eigenvalue weighted by molar-refractivity contribution is 0.0734. The molecule has 1 aliphatic rings. The van der Waals surface area contributed by atoms with Gasteiger partial charge in [-0.05, 0) is 48.2 Å². The summed E-state index contributed by atoms with van der Waals surface area (Å²) in [7, 11) is 0. The molecule has 0 bridgehead atoms. The third kappa shape index (κ3) is 2.98. The molecule has 4 rings (SSSR count).